The molecule has 0 spiro atoms. The van der Waals surface area contributed by atoms with Gasteiger partial charge in [-0.2, -0.15) is 0 Å². The second-order valence-electron chi connectivity index (χ2n) is 5.19. The van der Waals surface area contributed by atoms with Gasteiger partial charge in [-0.3, -0.25) is 4.79 Å². The molecule has 0 aliphatic carbocycles. The number of nitrogens with one attached hydrogen (secondary N) is 1. The second-order valence-corrected chi connectivity index (χ2v) is 5.19. The van der Waals surface area contributed by atoms with Crippen molar-refractivity contribution in [3.05, 3.63) is 29.8 Å². The number of ether oxygens (including phenoxy) is 1. The molecule has 1 saturated heterocycles. The molecule has 5 heteroatoms. The van der Waals surface area contributed by atoms with Gasteiger partial charge in [0, 0.05) is 13.2 Å². The largest absolute Gasteiger partial charge is 0.508 e. The first-order chi connectivity index (χ1) is 9.65. The quantitative estimate of drug-likeness (QED) is 0.723. The topological polar surface area (TPSA) is 84.6 Å². The lowest BCUT2D eigenvalue weighted by atomic mass is 10.1. The summed E-state index contributed by atoms with van der Waals surface area (Å²) < 4.78 is 5.50. The molecule has 1 heterocycles. The van der Waals surface area contributed by atoms with Gasteiger partial charge in [-0.15, -0.1) is 0 Å². The van der Waals surface area contributed by atoms with Gasteiger partial charge < -0.3 is 20.9 Å². The molecule has 0 bridgehead atoms. The van der Waals surface area contributed by atoms with Gasteiger partial charge in [-0.05, 0) is 43.4 Å². The van der Waals surface area contributed by atoms with Crippen LogP contribution < -0.4 is 11.1 Å². The van der Waals surface area contributed by atoms with Crippen molar-refractivity contribution in [2.75, 3.05) is 13.2 Å². The number of hydrogen-bond acceptors (Lipinski definition) is 4. The van der Waals surface area contributed by atoms with Gasteiger partial charge in [-0.25, -0.2) is 0 Å². The normalized spacial score (nSPS) is 19.8. The minimum Gasteiger partial charge on any atom is -0.508 e. The maximum Gasteiger partial charge on any atom is 0.237 e. The molecule has 2 rings (SSSR count). The van der Waals surface area contributed by atoms with Gasteiger partial charge >= 0.3 is 0 Å². The summed E-state index contributed by atoms with van der Waals surface area (Å²) in [5.74, 6) is 0.0689. The number of amides is 1. The summed E-state index contributed by atoms with van der Waals surface area (Å²) in [5, 5.41) is 12.0. The summed E-state index contributed by atoms with van der Waals surface area (Å²) >= 11 is 0. The van der Waals surface area contributed by atoms with E-state index in [0.29, 0.717) is 13.0 Å². The van der Waals surface area contributed by atoms with Crippen molar-refractivity contribution in [3.8, 4) is 5.75 Å². The summed E-state index contributed by atoms with van der Waals surface area (Å²) in [7, 11) is 0. The maximum absolute atomic E-state index is 11.9. The third-order valence-corrected chi connectivity index (χ3v) is 3.52. The Kier molecular flexibility index (Phi) is 5.38. The van der Waals surface area contributed by atoms with E-state index in [0.717, 1.165) is 31.4 Å². The Morgan fingerprint density at radius 1 is 1.45 bits per heavy atom. The van der Waals surface area contributed by atoms with Crippen LogP contribution in [0, 0.1) is 0 Å². The Bertz CT molecular complexity index is 427. The third-order valence-electron chi connectivity index (χ3n) is 3.52. The Morgan fingerprint density at radius 3 is 2.85 bits per heavy atom. The van der Waals surface area contributed by atoms with Crippen LogP contribution >= 0.6 is 0 Å². The molecule has 5 nitrogen and oxygen atoms in total. The van der Waals surface area contributed by atoms with E-state index >= 15 is 0 Å². The molecule has 1 fully saturated rings. The van der Waals surface area contributed by atoms with Crippen LogP contribution in [-0.2, 0) is 16.0 Å². The lowest BCUT2D eigenvalue weighted by Crippen LogP contribution is -2.42. The first kappa shape index (κ1) is 14.8. The van der Waals surface area contributed by atoms with Crippen LogP contribution in [0.5, 0.6) is 5.75 Å². The highest BCUT2D eigenvalue weighted by molar-refractivity contribution is 5.81. The van der Waals surface area contributed by atoms with Gasteiger partial charge in [0.2, 0.25) is 5.91 Å². The van der Waals surface area contributed by atoms with E-state index in [2.05, 4.69) is 5.32 Å². The van der Waals surface area contributed by atoms with Crippen molar-refractivity contribution in [2.24, 2.45) is 5.73 Å². The molecule has 2 atom stereocenters. The lowest BCUT2D eigenvalue weighted by molar-refractivity contribution is -0.122. The standard InChI is InChI=1S/C15H22N2O3/c16-14(10-11-3-5-12(18)6-4-11)15(19)17-8-7-13-2-1-9-20-13/h3-6,13-14,18H,1-2,7-10,16H2,(H,17,19)/t13?,14-/m0/s1. The van der Waals surface area contributed by atoms with Crippen molar-refractivity contribution in [2.45, 2.75) is 37.8 Å². The van der Waals surface area contributed by atoms with Gasteiger partial charge in [0.1, 0.15) is 5.75 Å². The minimum atomic E-state index is -0.566. The molecule has 0 saturated carbocycles. The molecule has 1 aliphatic rings. The van der Waals surface area contributed by atoms with Gasteiger partial charge in [0.05, 0.1) is 12.1 Å². The zero-order valence-corrected chi connectivity index (χ0v) is 11.5. The van der Waals surface area contributed by atoms with Crippen LogP contribution in [0.3, 0.4) is 0 Å². The molecule has 0 radical (unpaired) electrons. The second kappa shape index (κ2) is 7.26. The maximum atomic E-state index is 11.9. The van der Waals surface area contributed by atoms with E-state index < -0.39 is 6.04 Å². The van der Waals surface area contributed by atoms with E-state index in [9.17, 15) is 9.90 Å². The molecule has 20 heavy (non-hydrogen) atoms. The monoisotopic (exact) mass is 278 g/mol. The molecule has 0 aromatic heterocycles. The summed E-state index contributed by atoms with van der Waals surface area (Å²) in [6, 6.07) is 6.17. The number of hydrogen-bond donors (Lipinski definition) is 3. The Morgan fingerprint density at radius 2 is 2.20 bits per heavy atom. The first-order valence-electron chi connectivity index (χ1n) is 7.08. The van der Waals surface area contributed by atoms with E-state index in [1.54, 1.807) is 24.3 Å². The molecule has 4 N–H and O–H groups in total. The van der Waals surface area contributed by atoms with Crippen molar-refractivity contribution in [1.82, 2.24) is 5.32 Å². The van der Waals surface area contributed by atoms with Crippen LogP contribution in [0.4, 0.5) is 0 Å². The summed E-state index contributed by atoms with van der Waals surface area (Å²) in [4.78, 5) is 11.9. The number of benzene rings is 1. The van der Waals surface area contributed by atoms with Crippen LogP contribution in [0.25, 0.3) is 0 Å². The number of rotatable bonds is 6. The number of carbonyl (C=O) groups is 1. The van der Waals surface area contributed by atoms with Gasteiger partial charge in [0.25, 0.3) is 0 Å². The SMILES string of the molecule is N[C@@H](Cc1ccc(O)cc1)C(=O)NCCC1CCCO1. The van der Waals surface area contributed by atoms with Crippen molar-refractivity contribution in [3.63, 3.8) is 0 Å². The summed E-state index contributed by atoms with van der Waals surface area (Å²) in [5.41, 5.74) is 6.81. The first-order valence-corrected chi connectivity index (χ1v) is 7.08. The molecule has 110 valence electrons. The highest BCUT2D eigenvalue weighted by Crippen LogP contribution is 2.14. The van der Waals surface area contributed by atoms with E-state index in [1.165, 1.54) is 0 Å². The molecule has 1 amide bonds. The highest BCUT2D eigenvalue weighted by Gasteiger charge is 2.17. The van der Waals surface area contributed by atoms with E-state index in [-0.39, 0.29) is 17.8 Å². The Balaban J connectivity index is 1.69. The average Bonchev–Trinajstić information content (AvgIpc) is 2.94. The molecule has 1 aliphatic heterocycles. The molecule has 1 unspecified atom stereocenters. The predicted octanol–water partition coefficient (Wildman–Crippen LogP) is 0.947. The highest BCUT2D eigenvalue weighted by atomic mass is 16.5. The van der Waals surface area contributed by atoms with Crippen LogP contribution in [-0.4, -0.2) is 36.3 Å². The molecular weight excluding hydrogens is 256 g/mol. The fraction of sp³-hybridized carbons (Fsp3) is 0.533. The number of aromatic hydroxyl groups is 1. The van der Waals surface area contributed by atoms with Crippen LogP contribution in [0.1, 0.15) is 24.8 Å². The fourth-order valence-electron chi connectivity index (χ4n) is 2.34. The molecular formula is C15H22N2O3. The zero-order chi connectivity index (χ0) is 14.4. The molecule has 1 aromatic rings. The summed E-state index contributed by atoms with van der Waals surface area (Å²) in [6.45, 7) is 1.44. The number of phenolic OH excluding ortho intramolecular Hbond substituents is 1. The van der Waals surface area contributed by atoms with Crippen molar-refractivity contribution >= 4 is 5.91 Å². The van der Waals surface area contributed by atoms with Crippen LogP contribution in [0.2, 0.25) is 0 Å². The smallest absolute Gasteiger partial charge is 0.237 e. The van der Waals surface area contributed by atoms with E-state index in [1.807, 2.05) is 0 Å². The Labute approximate surface area is 119 Å². The number of nitrogens with two attached hydrogens (primary N) is 1. The third kappa shape index (κ3) is 4.51. The van der Waals surface area contributed by atoms with Crippen LogP contribution in [0.15, 0.2) is 24.3 Å². The Hall–Kier alpha value is -1.59. The number of phenols is 1. The number of carbonyl (C=O) groups excluding carboxylic acids is 1. The summed E-state index contributed by atoms with van der Waals surface area (Å²) in [6.07, 6.45) is 3.78. The van der Waals surface area contributed by atoms with Crippen molar-refractivity contribution in [1.29, 1.82) is 0 Å². The fourth-order valence-corrected chi connectivity index (χ4v) is 2.34. The van der Waals surface area contributed by atoms with Gasteiger partial charge in [-0.1, -0.05) is 12.1 Å². The minimum absolute atomic E-state index is 0.143. The van der Waals surface area contributed by atoms with E-state index in [4.69, 9.17) is 10.5 Å². The molecule has 1 aromatic carbocycles. The zero-order valence-electron chi connectivity index (χ0n) is 11.5. The predicted molar refractivity (Wildman–Crippen MR) is 76.4 cm³/mol. The van der Waals surface area contributed by atoms with Crippen molar-refractivity contribution < 1.29 is 14.6 Å². The van der Waals surface area contributed by atoms with Gasteiger partial charge in [0.15, 0.2) is 0 Å². The average molecular weight is 278 g/mol. The lowest BCUT2D eigenvalue weighted by Gasteiger charge is -2.14.